The fraction of sp³-hybridized carbons (Fsp3) is 0.440. The number of halogens is 1. The van der Waals surface area contributed by atoms with E-state index in [1.165, 1.54) is 27.8 Å². The molecule has 3 rings (SSSR count). The first kappa shape index (κ1) is 29.2. The minimum Gasteiger partial charge on any atom is -0.302 e. The van der Waals surface area contributed by atoms with E-state index in [-0.39, 0.29) is 23.2 Å². The molecule has 0 saturated heterocycles. The number of fused-ring (bicyclic) bond motifs is 1. The number of para-hydroxylation sites is 1. The lowest BCUT2D eigenvalue weighted by atomic mass is 10.2. The molecule has 10 heteroatoms. The molecule has 0 aliphatic rings. The molecule has 1 amide bonds. The van der Waals surface area contributed by atoms with Gasteiger partial charge in [0.25, 0.3) is 5.91 Å². The van der Waals surface area contributed by atoms with Gasteiger partial charge in [-0.1, -0.05) is 50.7 Å². The van der Waals surface area contributed by atoms with Crippen LogP contribution in [0.1, 0.15) is 44.0 Å². The number of aromatic nitrogens is 1. The highest BCUT2D eigenvalue weighted by atomic mass is 35.5. The number of hydrogen-bond donors (Lipinski definition) is 0. The molecular weight excluding hydrogens is 504 g/mol. The van der Waals surface area contributed by atoms with E-state index in [0.717, 1.165) is 42.7 Å². The minimum absolute atomic E-state index is 0. The topological polar surface area (TPSA) is 73.8 Å². The number of nitrogens with zero attached hydrogens (tertiary/aromatic N) is 4. The van der Waals surface area contributed by atoms with Crippen molar-refractivity contribution in [3.05, 3.63) is 54.1 Å². The zero-order chi connectivity index (χ0) is 24.7. The number of sulfonamides is 1. The van der Waals surface area contributed by atoms with Crippen molar-refractivity contribution >= 4 is 55.0 Å². The van der Waals surface area contributed by atoms with Gasteiger partial charge in [0.05, 0.1) is 15.1 Å². The quantitative estimate of drug-likeness (QED) is 0.320. The molecule has 35 heavy (non-hydrogen) atoms. The second kappa shape index (κ2) is 13.3. The Bertz CT molecular complexity index is 1160. The molecule has 3 aromatic rings. The zero-order valence-corrected chi connectivity index (χ0v) is 23.3. The van der Waals surface area contributed by atoms with E-state index < -0.39 is 10.0 Å². The van der Waals surface area contributed by atoms with Gasteiger partial charge < -0.3 is 4.90 Å². The number of likely N-dealkylation sites (N-methyl/N-ethyl adjacent to an activating group) is 1. The number of unbranched alkanes of at least 4 members (excludes halogenated alkanes) is 1. The Morgan fingerprint density at radius 1 is 0.943 bits per heavy atom. The highest BCUT2D eigenvalue weighted by molar-refractivity contribution is 7.89. The Hall–Kier alpha value is -2.04. The summed E-state index contributed by atoms with van der Waals surface area (Å²) in [7, 11) is -1.99. The fourth-order valence-electron chi connectivity index (χ4n) is 3.65. The molecular formula is C25H35ClN4O3S2. The predicted octanol–water partition coefficient (Wildman–Crippen LogP) is 5.13. The lowest BCUT2D eigenvalue weighted by Gasteiger charge is -2.25. The molecule has 2 aromatic carbocycles. The molecule has 0 aliphatic carbocycles. The first-order valence-corrected chi connectivity index (χ1v) is 14.0. The van der Waals surface area contributed by atoms with E-state index in [9.17, 15) is 13.2 Å². The Labute approximate surface area is 219 Å². The molecule has 0 atom stereocenters. The normalized spacial score (nSPS) is 11.7. The standard InChI is InChI=1S/C25H34N4O3S2.ClH/c1-5-8-17-27(4)34(31,32)21-15-13-20(14-16-21)24(30)29(19-18-28(6-2)7-3)25-26-22-11-9-10-12-23(22)33-25;/h9-16H,5-8,17-19H2,1-4H3;1H. The largest absolute Gasteiger partial charge is 0.302 e. The second-order valence-electron chi connectivity index (χ2n) is 8.15. The summed E-state index contributed by atoms with van der Waals surface area (Å²) in [6.45, 7) is 9.72. The fourth-order valence-corrected chi connectivity index (χ4v) is 5.85. The van der Waals surface area contributed by atoms with Gasteiger partial charge in [0.15, 0.2) is 5.13 Å². The number of rotatable bonds is 12. The van der Waals surface area contributed by atoms with Gasteiger partial charge in [-0.3, -0.25) is 9.69 Å². The molecule has 0 spiro atoms. The highest BCUT2D eigenvalue weighted by Crippen LogP contribution is 2.30. The number of carbonyl (C=O) groups is 1. The van der Waals surface area contributed by atoms with Gasteiger partial charge in [0.1, 0.15) is 0 Å². The monoisotopic (exact) mass is 538 g/mol. The lowest BCUT2D eigenvalue weighted by molar-refractivity contribution is 0.0983. The van der Waals surface area contributed by atoms with Crippen molar-refractivity contribution in [1.82, 2.24) is 14.2 Å². The molecule has 0 radical (unpaired) electrons. The summed E-state index contributed by atoms with van der Waals surface area (Å²) in [5.74, 6) is -0.186. The minimum atomic E-state index is -3.58. The second-order valence-corrected chi connectivity index (χ2v) is 11.2. The van der Waals surface area contributed by atoms with Crippen LogP contribution in [0.3, 0.4) is 0 Å². The highest BCUT2D eigenvalue weighted by Gasteiger charge is 2.24. The number of carbonyl (C=O) groups excluding carboxylic acids is 1. The number of amides is 1. The van der Waals surface area contributed by atoms with E-state index in [0.29, 0.717) is 23.8 Å². The summed E-state index contributed by atoms with van der Waals surface area (Å²) >= 11 is 1.49. The van der Waals surface area contributed by atoms with Gasteiger partial charge in [-0.15, -0.1) is 12.4 Å². The van der Waals surface area contributed by atoms with Crippen molar-refractivity contribution in [3.8, 4) is 0 Å². The van der Waals surface area contributed by atoms with Gasteiger partial charge in [-0.05, 0) is 55.9 Å². The summed E-state index contributed by atoms with van der Waals surface area (Å²) < 4.78 is 28.1. The first-order chi connectivity index (χ1) is 16.3. The van der Waals surface area contributed by atoms with Crippen LogP contribution in [0.5, 0.6) is 0 Å². The summed E-state index contributed by atoms with van der Waals surface area (Å²) in [6, 6.07) is 14.1. The maximum Gasteiger partial charge on any atom is 0.260 e. The Kier molecular flexibility index (Phi) is 11.1. The SMILES string of the molecule is CCCCN(C)S(=O)(=O)c1ccc(C(=O)N(CCN(CC)CC)c2nc3ccccc3s2)cc1.Cl. The van der Waals surface area contributed by atoms with Crippen molar-refractivity contribution in [2.45, 2.75) is 38.5 Å². The summed E-state index contributed by atoms with van der Waals surface area (Å²) in [6.07, 6.45) is 1.72. The maximum absolute atomic E-state index is 13.6. The van der Waals surface area contributed by atoms with Crippen LogP contribution in [-0.4, -0.2) is 68.3 Å². The number of thiazole rings is 1. The molecule has 0 bridgehead atoms. The average Bonchev–Trinajstić information content (AvgIpc) is 3.28. The van der Waals surface area contributed by atoms with Crippen molar-refractivity contribution < 1.29 is 13.2 Å². The summed E-state index contributed by atoms with van der Waals surface area (Å²) in [4.78, 5) is 22.4. The van der Waals surface area contributed by atoms with Crippen molar-refractivity contribution in [2.24, 2.45) is 0 Å². The molecule has 0 saturated carbocycles. The number of hydrogen-bond acceptors (Lipinski definition) is 6. The van der Waals surface area contributed by atoms with E-state index in [1.54, 1.807) is 24.1 Å². The van der Waals surface area contributed by atoms with Crippen LogP contribution in [0.4, 0.5) is 5.13 Å². The molecule has 1 aromatic heterocycles. The van der Waals surface area contributed by atoms with Crippen LogP contribution < -0.4 is 4.90 Å². The summed E-state index contributed by atoms with van der Waals surface area (Å²) in [5.41, 5.74) is 1.30. The molecule has 0 N–H and O–H groups in total. The molecule has 0 unspecified atom stereocenters. The van der Waals surface area contributed by atoms with E-state index in [1.807, 2.05) is 31.2 Å². The van der Waals surface area contributed by atoms with Crippen molar-refractivity contribution in [3.63, 3.8) is 0 Å². The Morgan fingerprint density at radius 2 is 1.60 bits per heavy atom. The zero-order valence-electron chi connectivity index (χ0n) is 20.8. The van der Waals surface area contributed by atoms with Gasteiger partial charge in [-0.25, -0.2) is 17.7 Å². The predicted molar refractivity (Wildman–Crippen MR) is 147 cm³/mol. The van der Waals surface area contributed by atoms with Crippen LogP contribution in [0.15, 0.2) is 53.4 Å². The maximum atomic E-state index is 13.6. The van der Waals surface area contributed by atoms with Crippen LogP contribution in [0.2, 0.25) is 0 Å². The van der Waals surface area contributed by atoms with Crippen molar-refractivity contribution in [1.29, 1.82) is 0 Å². The van der Waals surface area contributed by atoms with Gasteiger partial charge >= 0.3 is 0 Å². The molecule has 7 nitrogen and oxygen atoms in total. The third-order valence-corrected chi connectivity index (χ3v) is 8.86. The van der Waals surface area contributed by atoms with E-state index in [4.69, 9.17) is 4.98 Å². The van der Waals surface area contributed by atoms with Gasteiger partial charge in [-0.2, -0.15) is 0 Å². The molecule has 0 fully saturated rings. The summed E-state index contributed by atoms with van der Waals surface area (Å²) in [5, 5.41) is 0.648. The Morgan fingerprint density at radius 3 is 2.20 bits per heavy atom. The van der Waals surface area contributed by atoms with E-state index >= 15 is 0 Å². The Balaban J connectivity index is 0.00000432. The van der Waals surface area contributed by atoms with Crippen LogP contribution >= 0.6 is 23.7 Å². The average molecular weight is 539 g/mol. The van der Waals surface area contributed by atoms with Gasteiger partial charge in [0.2, 0.25) is 10.0 Å². The molecule has 0 aliphatic heterocycles. The molecule has 1 heterocycles. The van der Waals surface area contributed by atoms with Crippen LogP contribution in [0.25, 0.3) is 10.2 Å². The van der Waals surface area contributed by atoms with E-state index in [2.05, 4.69) is 18.7 Å². The number of anilines is 1. The third kappa shape index (κ3) is 7.01. The van der Waals surface area contributed by atoms with Gasteiger partial charge in [0, 0.05) is 32.2 Å². The number of benzene rings is 2. The smallest absolute Gasteiger partial charge is 0.260 e. The lowest BCUT2D eigenvalue weighted by Crippen LogP contribution is -2.38. The first-order valence-electron chi connectivity index (χ1n) is 11.8. The van der Waals surface area contributed by atoms with Crippen molar-refractivity contribution in [2.75, 3.05) is 44.7 Å². The van der Waals surface area contributed by atoms with Crippen LogP contribution in [-0.2, 0) is 10.0 Å². The molecule has 192 valence electrons. The third-order valence-electron chi connectivity index (χ3n) is 5.93. The van der Waals surface area contributed by atoms with Crippen LogP contribution in [0, 0.1) is 0 Å².